The van der Waals surface area contributed by atoms with Gasteiger partial charge in [-0.25, -0.2) is 4.79 Å². The first-order valence-corrected chi connectivity index (χ1v) is 11.1. The van der Waals surface area contributed by atoms with Crippen LogP contribution in [0.1, 0.15) is 71.8 Å². The first-order chi connectivity index (χ1) is 15.2. The Morgan fingerprint density at radius 1 is 1.06 bits per heavy atom. The summed E-state index contributed by atoms with van der Waals surface area (Å²) in [5.74, 6) is 0.0872. The zero-order chi connectivity index (χ0) is 23.3. The van der Waals surface area contributed by atoms with Crippen molar-refractivity contribution in [3.05, 3.63) is 56.8 Å². The Kier molecular flexibility index (Phi) is 17.3. The lowest BCUT2D eigenvalue weighted by atomic mass is 9.89. The molecule has 1 fully saturated rings. The number of azide groups is 2. The van der Waals surface area contributed by atoms with Crippen molar-refractivity contribution < 1.29 is 14.3 Å². The summed E-state index contributed by atoms with van der Waals surface area (Å²) < 4.78 is 10.5. The summed E-state index contributed by atoms with van der Waals surface area (Å²) in [5, 5.41) is 7.47. The largest absolute Gasteiger partial charge is 0.508 e. The van der Waals surface area contributed by atoms with Gasteiger partial charge in [0.15, 0.2) is 0 Å². The topological polar surface area (TPSA) is 133 Å². The van der Waals surface area contributed by atoms with Crippen molar-refractivity contribution in [2.45, 2.75) is 85.0 Å². The quantitative estimate of drug-likeness (QED) is 0.137. The van der Waals surface area contributed by atoms with Crippen molar-refractivity contribution in [3.63, 3.8) is 0 Å². The molecule has 0 spiro atoms. The molecular formula is C22H36N6O3. The van der Waals surface area contributed by atoms with Gasteiger partial charge in [0.2, 0.25) is 0 Å². The molecule has 0 radical (unpaired) electrons. The molecule has 9 heteroatoms. The van der Waals surface area contributed by atoms with E-state index in [0.29, 0.717) is 6.42 Å². The molecule has 1 aliphatic carbocycles. The zero-order valence-corrected chi connectivity index (χ0v) is 19.2. The third-order valence-electron chi connectivity index (χ3n) is 4.70. The second kappa shape index (κ2) is 19.1. The van der Waals surface area contributed by atoms with Crippen molar-refractivity contribution in [1.29, 1.82) is 0 Å². The molecule has 3 atom stereocenters. The molecule has 9 nitrogen and oxygen atoms in total. The Morgan fingerprint density at radius 3 is 2.39 bits per heavy atom. The Morgan fingerprint density at radius 2 is 1.74 bits per heavy atom. The van der Waals surface area contributed by atoms with Crippen LogP contribution < -0.4 is 0 Å². The van der Waals surface area contributed by atoms with Gasteiger partial charge in [-0.15, -0.1) is 0 Å². The monoisotopic (exact) mass is 432 g/mol. The van der Waals surface area contributed by atoms with E-state index >= 15 is 0 Å². The van der Waals surface area contributed by atoms with Crippen LogP contribution in [0, 0.1) is 5.92 Å². The minimum Gasteiger partial charge on any atom is -0.431 e. The molecule has 1 saturated carbocycles. The van der Waals surface area contributed by atoms with Crippen LogP contribution in [0.4, 0.5) is 4.79 Å². The molecule has 0 aliphatic heterocycles. The summed E-state index contributed by atoms with van der Waals surface area (Å²) in [5.41, 5.74) is 18.3. The highest BCUT2D eigenvalue weighted by atomic mass is 16.7. The standard InChI is InChI=1S/C18H24N6O3.2C2H6/c19-23-21-12-16(11-15-9-5-2-6-10-17(15)22-24-20)27-18(25)26-13-14-7-3-1-4-8-14;2*1-2/h1,3-4,7-8,15-17H,2,5-6,9-13H2;2*1-2H3/t15-,16-,17+;;/m0../s1. The Labute approximate surface area is 185 Å². The van der Waals surface area contributed by atoms with Gasteiger partial charge in [0, 0.05) is 15.9 Å². The molecule has 0 saturated heterocycles. The number of carbonyl (C=O) groups excluding carboxylic acids is 1. The van der Waals surface area contributed by atoms with Crippen molar-refractivity contribution in [3.8, 4) is 0 Å². The number of rotatable bonds is 8. The Hall–Kier alpha value is -2.89. The first kappa shape index (κ1) is 28.1. The lowest BCUT2D eigenvalue weighted by Crippen LogP contribution is -2.28. The summed E-state index contributed by atoms with van der Waals surface area (Å²) >= 11 is 0. The molecule has 31 heavy (non-hydrogen) atoms. The van der Waals surface area contributed by atoms with Crippen molar-refractivity contribution in [1.82, 2.24) is 0 Å². The molecule has 0 heterocycles. The van der Waals surface area contributed by atoms with Gasteiger partial charge in [0.05, 0.1) is 6.54 Å². The number of benzene rings is 1. The Balaban J connectivity index is 0.00000212. The third-order valence-corrected chi connectivity index (χ3v) is 4.70. The highest BCUT2D eigenvalue weighted by Gasteiger charge is 2.27. The number of hydrogen-bond acceptors (Lipinski definition) is 5. The van der Waals surface area contributed by atoms with Crippen LogP contribution in [0.15, 0.2) is 40.6 Å². The molecule has 0 aromatic heterocycles. The van der Waals surface area contributed by atoms with E-state index in [1.807, 2.05) is 58.0 Å². The van der Waals surface area contributed by atoms with Crippen molar-refractivity contribution in [2.24, 2.45) is 16.1 Å². The van der Waals surface area contributed by atoms with E-state index in [2.05, 4.69) is 20.1 Å². The maximum atomic E-state index is 12.0. The molecule has 0 bridgehead atoms. The van der Waals surface area contributed by atoms with Gasteiger partial charge in [-0.3, -0.25) is 0 Å². The molecule has 0 N–H and O–H groups in total. The van der Waals surface area contributed by atoms with Crippen LogP contribution in [0.5, 0.6) is 0 Å². The van der Waals surface area contributed by atoms with E-state index in [4.69, 9.17) is 20.5 Å². The minimum absolute atomic E-state index is 0.0242. The smallest absolute Gasteiger partial charge is 0.431 e. The summed E-state index contributed by atoms with van der Waals surface area (Å²) in [6.07, 6.45) is 3.92. The van der Waals surface area contributed by atoms with Crippen molar-refractivity contribution in [2.75, 3.05) is 6.54 Å². The number of carbonyl (C=O) groups is 1. The molecule has 172 valence electrons. The van der Waals surface area contributed by atoms with E-state index < -0.39 is 12.3 Å². The fourth-order valence-corrected chi connectivity index (χ4v) is 3.37. The van der Waals surface area contributed by atoms with Crippen LogP contribution in [-0.2, 0) is 16.1 Å². The summed E-state index contributed by atoms with van der Waals surface area (Å²) in [4.78, 5) is 17.8. The Bertz CT molecular complexity index is 688. The average Bonchev–Trinajstić information content (AvgIpc) is 3.04. The zero-order valence-electron chi connectivity index (χ0n) is 19.2. The maximum absolute atomic E-state index is 12.0. The summed E-state index contributed by atoms with van der Waals surface area (Å²) in [6.45, 7) is 8.13. The minimum atomic E-state index is -0.800. The van der Waals surface area contributed by atoms with Gasteiger partial charge in [-0.05, 0) is 41.8 Å². The normalized spacial score (nSPS) is 18.1. The summed E-state index contributed by atoms with van der Waals surface area (Å²) in [7, 11) is 0. The lowest BCUT2D eigenvalue weighted by molar-refractivity contribution is 0.0125. The van der Waals surface area contributed by atoms with Crippen molar-refractivity contribution >= 4 is 6.16 Å². The van der Waals surface area contributed by atoms with E-state index in [1.165, 1.54) is 0 Å². The van der Waals surface area contributed by atoms with Crippen LogP contribution in [0.25, 0.3) is 20.9 Å². The molecular weight excluding hydrogens is 396 g/mol. The molecule has 1 aliphatic rings. The summed E-state index contributed by atoms with van der Waals surface area (Å²) in [6, 6.07) is 9.16. The van der Waals surface area contributed by atoms with Gasteiger partial charge in [0.1, 0.15) is 12.7 Å². The molecule has 1 aromatic carbocycles. The highest BCUT2D eigenvalue weighted by molar-refractivity contribution is 5.60. The second-order valence-corrected chi connectivity index (χ2v) is 6.58. The maximum Gasteiger partial charge on any atom is 0.508 e. The predicted octanol–water partition coefficient (Wildman–Crippen LogP) is 7.72. The van der Waals surface area contributed by atoms with Gasteiger partial charge in [-0.1, -0.05) is 87.5 Å². The second-order valence-electron chi connectivity index (χ2n) is 6.58. The number of hydrogen-bond donors (Lipinski definition) is 0. The molecule has 0 unspecified atom stereocenters. The van der Waals surface area contributed by atoms with Crippen LogP contribution in [-0.4, -0.2) is 24.8 Å². The van der Waals surface area contributed by atoms with E-state index in [9.17, 15) is 4.79 Å². The highest BCUT2D eigenvalue weighted by Crippen LogP contribution is 2.30. The molecule has 0 amide bonds. The molecule has 1 aromatic rings. The van der Waals surface area contributed by atoms with E-state index in [0.717, 1.165) is 37.7 Å². The van der Waals surface area contributed by atoms with E-state index in [-0.39, 0.29) is 25.1 Å². The lowest BCUT2D eigenvalue weighted by Gasteiger charge is -2.25. The number of ether oxygens (including phenoxy) is 2. The fraction of sp³-hybridized carbons (Fsp3) is 0.682. The van der Waals surface area contributed by atoms with Gasteiger partial charge >= 0.3 is 6.16 Å². The van der Waals surface area contributed by atoms with Gasteiger partial charge in [0.25, 0.3) is 0 Å². The van der Waals surface area contributed by atoms with E-state index in [1.54, 1.807) is 0 Å². The first-order valence-electron chi connectivity index (χ1n) is 11.1. The number of nitrogens with zero attached hydrogens (tertiary/aromatic N) is 6. The van der Waals surface area contributed by atoms with Gasteiger partial charge < -0.3 is 9.47 Å². The SMILES string of the molecule is CC.CC.[N-]=[N+]=NC[C@H](C[C@@H]1CCCCC[C@H]1N=[N+]=[N-])OC(=O)OCc1ccccc1. The third kappa shape index (κ3) is 12.4. The van der Waals surface area contributed by atoms with Crippen LogP contribution in [0.2, 0.25) is 0 Å². The van der Waals surface area contributed by atoms with Gasteiger partial charge in [-0.2, -0.15) is 0 Å². The predicted molar refractivity (Wildman–Crippen MR) is 122 cm³/mol. The average molecular weight is 433 g/mol. The fourth-order valence-electron chi connectivity index (χ4n) is 3.37. The van der Waals surface area contributed by atoms with Crippen LogP contribution >= 0.6 is 0 Å². The van der Waals surface area contributed by atoms with Crippen LogP contribution in [0.3, 0.4) is 0 Å². The molecule has 2 rings (SSSR count).